The Balaban J connectivity index is 0.000000409. The van der Waals surface area contributed by atoms with Crippen molar-refractivity contribution >= 4 is 33.2 Å². The lowest BCUT2D eigenvalue weighted by Crippen LogP contribution is -2.26. The molecule has 0 aliphatic carbocycles. The highest BCUT2D eigenvalue weighted by Gasteiger charge is 2.30. The number of aryl methyl sites for hydroxylation is 1. The third kappa shape index (κ3) is 9.22. The molecule has 0 fully saturated rings. The lowest BCUT2D eigenvalue weighted by molar-refractivity contribution is -0.142. The van der Waals surface area contributed by atoms with Gasteiger partial charge in [0.25, 0.3) is 0 Å². The minimum atomic E-state index is -1.05. The molecule has 124 valence electrons. The van der Waals surface area contributed by atoms with E-state index in [2.05, 4.69) is 34.3 Å². The third-order valence-corrected chi connectivity index (χ3v) is 4.74. The van der Waals surface area contributed by atoms with E-state index in [9.17, 15) is 4.79 Å². The molecule has 0 aliphatic heterocycles. The number of thiophene rings is 1. The first-order chi connectivity index (χ1) is 10.2. The first kappa shape index (κ1) is 21.1. The molecule has 0 bridgehead atoms. The van der Waals surface area contributed by atoms with E-state index in [1.807, 2.05) is 0 Å². The van der Waals surface area contributed by atoms with Gasteiger partial charge in [0.15, 0.2) is 0 Å². The first-order valence-corrected chi connectivity index (χ1v) is 9.25. The van der Waals surface area contributed by atoms with Crippen LogP contribution < -0.4 is 0 Å². The molecule has 0 radical (unpaired) electrons. The summed E-state index contributed by atoms with van der Waals surface area (Å²) in [5, 5.41) is 19.1. The fourth-order valence-corrected chi connectivity index (χ4v) is 3.10. The number of nitrogens with zero attached hydrogens (tertiary/aromatic N) is 1. The topological polar surface area (TPSA) is 61.1 Å². The molecule has 0 spiro atoms. The van der Waals surface area contributed by atoms with Crippen LogP contribution >= 0.6 is 27.3 Å². The molecule has 0 amide bonds. The summed E-state index contributed by atoms with van der Waals surface area (Å²) < 4.78 is 1.26. The second-order valence-electron chi connectivity index (χ2n) is 6.34. The molecule has 1 N–H and O–H groups in total. The molecule has 0 saturated heterocycles. The predicted molar refractivity (Wildman–Crippen MR) is 96.1 cm³/mol. The summed E-state index contributed by atoms with van der Waals surface area (Å²) in [7, 11) is 0. The molecule has 1 atom stereocenters. The van der Waals surface area contributed by atoms with Gasteiger partial charge in [-0.15, -0.1) is 11.3 Å². The Morgan fingerprint density at radius 3 is 2.36 bits per heavy atom. The van der Waals surface area contributed by atoms with Gasteiger partial charge in [-0.2, -0.15) is 5.26 Å². The van der Waals surface area contributed by atoms with Gasteiger partial charge < -0.3 is 5.11 Å². The number of carbonyl (C=O) groups is 1. The highest BCUT2D eigenvalue weighted by atomic mass is 79.9. The van der Waals surface area contributed by atoms with E-state index in [1.165, 1.54) is 41.5 Å². The van der Waals surface area contributed by atoms with Crippen molar-refractivity contribution in [3.8, 4) is 6.07 Å². The van der Waals surface area contributed by atoms with Crippen LogP contribution in [0.1, 0.15) is 58.9 Å². The van der Waals surface area contributed by atoms with E-state index in [0.29, 0.717) is 0 Å². The minimum absolute atomic E-state index is 0.472. The van der Waals surface area contributed by atoms with Crippen molar-refractivity contribution < 1.29 is 9.90 Å². The summed E-state index contributed by atoms with van der Waals surface area (Å²) in [5.74, 6) is -1.96. The molecule has 3 nitrogen and oxygen atoms in total. The molecule has 1 heterocycles. The summed E-state index contributed by atoms with van der Waals surface area (Å²) in [6.07, 6.45) is 6.68. The average Bonchev–Trinajstić information content (AvgIpc) is 2.80. The van der Waals surface area contributed by atoms with Gasteiger partial charge in [-0.3, -0.25) is 4.79 Å². The van der Waals surface area contributed by atoms with Crippen molar-refractivity contribution in [2.24, 2.45) is 11.3 Å². The number of hydrogen-bond acceptors (Lipinski definition) is 3. The maximum Gasteiger partial charge on any atom is 0.321 e. The van der Waals surface area contributed by atoms with Crippen LogP contribution in [0.25, 0.3) is 0 Å². The van der Waals surface area contributed by atoms with Gasteiger partial charge in [0.1, 0.15) is 5.92 Å². The Bertz CT molecular complexity index is 486. The van der Waals surface area contributed by atoms with Crippen molar-refractivity contribution in [1.29, 1.82) is 5.26 Å². The Kier molecular flexibility index (Phi) is 10.4. The number of rotatable bonds is 6. The van der Waals surface area contributed by atoms with Gasteiger partial charge in [0.2, 0.25) is 0 Å². The Hall–Kier alpha value is -0.860. The normalized spacial score (nSPS) is 12.0. The Morgan fingerprint density at radius 2 is 2.05 bits per heavy atom. The van der Waals surface area contributed by atoms with E-state index < -0.39 is 17.3 Å². The second kappa shape index (κ2) is 10.8. The van der Waals surface area contributed by atoms with E-state index in [4.69, 9.17) is 10.4 Å². The monoisotopic (exact) mass is 387 g/mol. The third-order valence-electron chi connectivity index (χ3n) is 3.18. The van der Waals surface area contributed by atoms with Gasteiger partial charge in [-0.25, -0.2) is 0 Å². The van der Waals surface area contributed by atoms with Crippen molar-refractivity contribution in [3.05, 3.63) is 20.8 Å². The maximum absolute atomic E-state index is 10.4. The molecule has 1 aromatic rings. The molecule has 0 saturated carbocycles. The molecule has 22 heavy (non-hydrogen) atoms. The second-order valence-corrected chi connectivity index (χ2v) is 8.63. The summed E-state index contributed by atoms with van der Waals surface area (Å²) >= 11 is 5.26. The van der Waals surface area contributed by atoms with Crippen LogP contribution in [0.15, 0.2) is 15.2 Å². The number of aliphatic carboxylic acids is 1. The smallest absolute Gasteiger partial charge is 0.321 e. The van der Waals surface area contributed by atoms with Gasteiger partial charge >= 0.3 is 5.97 Å². The van der Waals surface area contributed by atoms with Crippen molar-refractivity contribution in [3.63, 3.8) is 0 Å². The zero-order chi connectivity index (χ0) is 17.2. The van der Waals surface area contributed by atoms with Crippen LogP contribution in [0.3, 0.4) is 0 Å². The summed E-state index contributed by atoms with van der Waals surface area (Å²) in [6.45, 7) is 7.44. The molecule has 0 aliphatic rings. The van der Waals surface area contributed by atoms with Gasteiger partial charge in [0, 0.05) is 0 Å². The molecule has 1 rings (SSSR count). The van der Waals surface area contributed by atoms with Crippen LogP contribution in [0.4, 0.5) is 0 Å². The number of unbranched alkanes of at least 4 members (excludes halogenated alkanes) is 3. The highest BCUT2D eigenvalue weighted by molar-refractivity contribution is 9.11. The van der Waals surface area contributed by atoms with Gasteiger partial charge in [-0.1, -0.05) is 47.0 Å². The van der Waals surface area contributed by atoms with Crippen LogP contribution in [-0.2, 0) is 11.2 Å². The van der Waals surface area contributed by atoms with Crippen molar-refractivity contribution in [2.75, 3.05) is 0 Å². The number of carboxylic acid groups (broad SMARTS) is 1. The van der Waals surface area contributed by atoms with Gasteiger partial charge in [0.05, 0.1) is 9.86 Å². The van der Waals surface area contributed by atoms with Crippen LogP contribution in [-0.4, -0.2) is 11.1 Å². The summed E-state index contributed by atoms with van der Waals surface area (Å²) in [6, 6.07) is 3.97. The SMILES string of the molecule is CC(C)(C)C(C#N)C(=O)O.CCCCCCc1csc(Br)c1. The van der Waals surface area contributed by atoms with E-state index in [1.54, 1.807) is 38.2 Å². The standard InChI is InChI=1S/C10H15BrS.C7H11NO2/c1-2-3-4-5-6-9-7-10(11)12-8-9;1-7(2,3)5(4-8)6(9)10/h7-8H,2-6H2,1H3;5H,1-3H3,(H,9,10). The van der Waals surface area contributed by atoms with Crippen molar-refractivity contribution in [1.82, 2.24) is 0 Å². The molecular weight excluding hydrogens is 362 g/mol. The molecule has 1 unspecified atom stereocenters. The van der Waals surface area contributed by atoms with Crippen LogP contribution in [0, 0.1) is 22.7 Å². The largest absolute Gasteiger partial charge is 0.480 e. The molecule has 5 heteroatoms. The average molecular weight is 388 g/mol. The summed E-state index contributed by atoms with van der Waals surface area (Å²) in [5.41, 5.74) is 1.02. The maximum atomic E-state index is 10.4. The van der Waals surface area contributed by atoms with Crippen LogP contribution in [0.2, 0.25) is 0 Å². The molecular formula is C17H26BrNO2S. The van der Waals surface area contributed by atoms with E-state index in [-0.39, 0.29) is 0 Å². The minimum Gasteiger partial charge on any atom is -0.480 e. The van der Waals surface area contributed by atoms with Gasteiger partial charge in [-0.05, 0) is 51.2 Å². The molecule has 1 aromatic heterocycles. The Morgan fingerprint density at radius 1 is 1.41 bits per heavy atom. The lowest BCUT2D eigenvalue weighted by atomic mass is 9.82. The summed E-state index contributed by atoms with van der Waals surface area (Å²) in [4.78, 5) is 10.4. The predicted octanol–water partition coefficient (Wildman–Crippen LogP) is 5.89. The highest BCUT2D eigenvalue weighted by Crippen LogP contribution is 2.25. The van der Waals surface area contributed by atoms with E-state index in [0.717, 1.165) is 0 Å². The quantitative estimate of drug-likeness (QED) is 0.618. The van der Waals surface area contributed by atoms with Crippen molar-refractivity contribution in [2.45, 2.75) is 59.8 Å². The van der Waals surface area contributed by atoms with E-state index >= 15 is 0 Å². The zero-order valence-electron chi connectivity index (χ0n) is 13.9. The Labute approximate surface area is 146 Å². The fourth-order valence-electron chi connectivity index (χ4n) is 1.85. The zero-order valence-corrected chi connectivity index (χ0v) is 16.3. The first-order valence-electron chi connectivity index (χ1n) is 7.57. The number of halogens is 1. The molecule has 0 aromatic carbocycles. The fraction of sp³-hybridized carbons (Fsp3) is 0.647. The number of nitriles is 1. The lowest BCUT2D eigenvalue weighted by Gasteiger charge is -2.20. The number of carboxylic acids is 1. The van der Waals surface area contributed by atoms with Crippen LogP contribution in [0.5, 0.6) is 0 Å². The number of hydrogen-bond donors (Lipinski definition) is 1.